The van der Waals surface area contributed by atoms with Gasteiger partial charge < -0.3 is 14.9 Å². The van der Waals surface area contributed by atoms with E-state index in [2.05, 4.69) is 4.72 Å². The van der Waals surface area contributed by atoms with Crippen LogP contribution in [-0.2, 0) is 26.2 Å². The largest absolute Gasteiger partial charge is 0.508 e. The van der Waals surface area contributed by atoms with Crippen LogP contribution in [0.2, 0.25) is 0 Å². The van der Waals surface area contributed by atoms with Gasteiger partial charge in [0.25, 0.3) is 10.2 Å². The van der Waals surface area contributed by atoms with Crippen molar-refractivity contribution < 1.29 is 28.2 Å². The fourth-order valence-corrected chi connectivity index (χ4v) is 3.72. The van der Waals surface area contributed by atoms with Crippen molar-refractivity contribution in [2.45, 2.75) is 25.5 Å². The Kier molecular flexibility index (Phi) is 5.58. The number of phenolic OH excluding ortho intramolecular Hbond substituents is 1. The maximum Gasteiger partial charge on any atom is 0.322 e. The number of carbonyl (C=O) groups is 1. The Balaban J connectivity index is 2.09. The van der Waals surface area contributed by atoms with Gasteiger partial charge in [0.2, 0.25) is 0 Å². The lowest BCUT2D eigenvalue weighted by atomic mass is 10.1. The van der Waals surface area contributed by atoms with Crippen LogP contribution in [0.3, 0.4) is 0 Å². The van der Waals surface area contributed by atoms with Crippen LogP contribution in [0.25, 0.3) is 0 Å². The van der Waals surface area contributed by atoms with E-state index in [1.165, 1.54) is 16.4 Å². The molecule has 128 valence electrons. The van der Waals surface area contributed by atoms with E-state index in [1.54, 1.807) is 19.1 Å². The maximum absolute atomic E-state index is 12.3. The molecule has 1 aromatic carbocycles. The summed E-state index contributed by atoms with van der Waals surface area (Å²) in [6.07, 6.45) is -0.255. The van der Waals surface area contributed by atoms with Gasteiger partial charge in [-0.3, -0.25) is 4.79 Å². The van der Waals surface area contributed by atoms with Crippen LogP contribution < -0.4 is 4.72 Å². The number of carboxylic acids is 1. The average Bonchev–Trinajstić information content (AvgIpc) is 2.48. The molecule has 0 aromatic heterocycles. The number of ether oxygens (including phenoxy) is 1. The molecule has 1 unspecified atom stereocenters. The molecule has 0 amide bonds. The number of benzene rings is 1. The van der Waals surface area contributed by atoms with Crippen LogP contribution in [0, 0.1) is 0 Å². The minimum absolute atomic E-state index is 0.0191. The number of phenols is 1. The number of nitrogens with zero attached hydrogens (tertiary/aromatic N) is 1. The molecule has 1 saturated heterocycles. The Morgan fingerprint density at radius 2 is 2.09 bits per heavy atom. The fourth-order valence-electron chi connectivity index (χ4n) is 2.31. The summed E-state index contributed by atoms with van der Waals surface area (Å²) < 4.78 is 33.4. The first-order chi connectivity index (χ1) is 10.8. The smallest absolute Gasteiger partial charge is 0.322 e. The van der Waals surface area contributed by atoms with Crippen molar-refractivity contribution in [2.75, 3.05) is 19.7 Å². The van der Waals surface area contributed by atoms with Gasteiger partial charge in [-0.1, -0.05) is 12.1 Å². The maximum atomic E-state index is 12.3. The second-order valence-electron chi connectivity index (χ2n) is 5.42. The highest BCUT2D eigenvalue weighted by molar-refractivity contribution is 7.87. The zero-order valence-electron chi connectivity index (χ0n) is 12.7. The van der Waals surface area contributed by atoms with E-state index < -0.39 is 22.2 Å². The van der Waals surface area contributed by atoms with Crippen LogP contribution in [0.4, 0.5) is 0 Å². The Morgan fingerprint density at radius 1 is 1.43 bits per heavy atom. The van der Waals surface area contributed by atoms with E-state index in [9.17, 15) is 23.4 Å². The van der Waals surface area contributed by atoms with Crippen LogP contribution in [0.15, 0.2) is 24.3 Å². The molecule has 0 saturated carbocycles. The molecule has 3 N–H and O–H groups in total. The molecule has 1 fully saturated rings. The normalized spacial score (nSPS) is 21.0. The quantitative estimate of drug-likeness (QED) is 0.666. The second-order valence-corrected chi connectivity index (χ2v) is 7.13. The molecule has 2 rings (SSSR count). The summed E-state index contributed by atoms with van der Waals surface area (Å²) in [5.41, 5.74) is 0.605. The van der Waals surface area contributed by atoms with E-state index in [1.807, 2.05) is 0 Å². The van der Waals surface area contributed by atoms with Gasteiger partial charge in [0.05, 0.1) is 12.7 Å². The molecule has 9 heteroatoms. The van der Waals surface area contributed by atoms with Gasteiger partial charge in [-0.15, -0.1) is 0 Å². The molecular formula is C14H20N2O6S. The van der Waals surface area contributed by atoms with E-state index in [0.29, 0.717) is 5.56 Å². The van der Waals surface area contributed by atoms with Gasteiger partial charge >= 0.3 is 5.97 Å². The molecule has 23 heavy (non-hydrogen) atoms. The van der Waals surface area contributed by atoms with E-state index in [0.717, 1.165) is 0 Å². The van der Waals surface area contributed by atoms with Gasteiger partial charge in [0.15, 0.2) is 0 Å². The Bertz CT molecular complexity index is 646. The molecule has 0 aliphatic carbocycles. The Hall–Kier alpha value is -1.68. The first-order valence-corrected chi connectivity index (χ1v) is 8.61. The minimum Gasteiger partial charge on any atom is -0.508 e. The minimum atomic E-state index is -3.92. The Morgan fingerprint density at radius 3 is 2.65 bits per heavy atom. The molecule has 2 atom stereocenters. The number of rotatable bonds is 6. The lowest BCUT2D eigenvalue weighted by Gasteiger charge is -2.31. The monoisotopic (exact) mass is 344 g/mol. The summed E-state index contributed by atoms with van der Waals surface area (Å²) in [4.78, 5) is 11.4. The third-order valence-electron chi connectivity index (χ3n) is 3.51. The second kappa shape index (κ2) is 7.26. The van der Waals surface area contributed by atoms with Crippen molar-refractivity contribution in [1.82, 2.24) is 9.03 Å². The molecule has 0 bridgehead atoms. The highest BCUT2D eigenvalue weighted by Gasteiger charge is 2.32. The fraction of sp³-hybridized carbons (Fsp3) is 0.500. The number of hydrogen-bond acceptors (Lipinski definition) is 5. The van der Waals surface area contributed by atoms with E-state index in [4.69, 9.17) is 4.74 Å². The third-order valence-corrected chi connectivity index (χ3v) is 5.10. The zero-order chi connectivity index (χ0) is 17.0. The first-order valence-electron chi connectivity index (χ1n) is 7.17. The van der Waals surface area contributed by atoms with Crippen LogP contribution in [0.5, 0.6) is 5.75 Å². The number of aromatic hydroxyl groups is 1. The van der Waals surface area contributed by atoms with Crippen LogP contribution >= 0.6 is 0 Å². The van der Waals surface area contributed by atoms with Crippen molar-refractivity contribution in [1.29, 1.82) is 0 Å². The van der Waals surface area contributed by atoms with E-state index in [-0.39, 0.29) is 38.0 Å². The lowest BCUT2D eigenvalue weighted by Crippen LogP contribution is -2.53. The molecular weight excluding hydrogens is 324 g/mol. The summed E-state index contributed by atoms with van der Waals surface area (Å²) in [7, 11) is -3.92. The van der Waals surface area contributed by atoms with Crippen LogP contribution in [0.1, 0.15) is 12.5 Å². The number of carboxylic acid groups (broad SMARTS) is 1. The number of morpholine rings is 1. The van der Waals surface area contributed by atoms with E-state index >= 15 is 0 Å². The number of nitrogens with one attached hydrogen (secondary N) is 1. The van der Waals surface area contributed by atoms with Crippen molar-refractivity contribution in [3.05, 3.63) is 29.8 Å². The van der Waals surface area contributed by atoms with Crippen LogP contribution in [-0.4, -0.2) is 60.7 Å². The summed E-state index contributed by atoms with van der Waals surface area (Å²) in [6.45, 7) is 2.40. The van der Waals surface area contributed by atoms with Crippen molar-refractivity contribution >= 4 is 16.2 Å². The predicted octanol–water partition coefficient (Wildman–Crippen LogP) is -0.0570. The molecule has 0 spiro atoms. The lowest BCUT2D eigenvalue weighted by molar-refractivity contribution is -0.138. The molecule has 1 aliphatic heterocycles. The van der Waals surface area contributed by atoms with Gasteiger partial charge in [-0.25, -0.2) is 0 Å². The van der Waals surface area contributed by atoms with Gasteiger partial charge in [-0.2, -0.15) is 17.4 Å². The highest BCUT2D eigenvalue weighted by Crippen LogP contribution is 2.13. The molecule has 1 aliphatic rings. The highest BCUT2D eigenvalue weighted by atomic mass is 32.2. The predicted molar refractivity (Wildman–Crippen MR) is 82.3 cm³/mol. The summed E-state index contributed by atoms with van der Waals surface area (Å²) in [5.74, 6) is -1.20. The molecule has 1 heterocycles. The van der Waals surface area contributed by atoms with Crippen molar-refractivity contribution in [2.24, 2.45) is 0 Å². The summed E-state index contributed by atoms with van der Waals surface area (Å²) >= 11 is 0. The summed E-state index contributed by atoms with van der Waals surface area (Å²) in [5, 5.41) is 18.5. The average molecular weight is 344 g/mol. The molecule has 0 radical (unpaired) electrons. The van der Waals surface area contributed by atoms with Gasteiger partial charge in [-0.05, 0) is 31.0 Å². The molecule has 1 aromatic rings. The topological polar surface area (TPSA) is 116 Å². The number of hydrogen-bond donors (Lipinski definition) is 3. The SMILES string of the molecule is CC1CN(S(=O)(=O)N[C@@H](Cc2ccc(O)cc2)C(=O)O)CCO1. The molecule has 8 nitrogen and oxygen atoms in total. The Labute approximate surface area is 134 Å². The standard InChI is InChI=1S/C14H20N2O6S/c1-10-9-16(6-7-22-10)23(20,21)15-13(14(18)19)8-11-2-4-12(17)5-3-11/h2-5,10,13,15,17H,6-9H2,1H3,(H,18,19)/t10?,13-/m0/s1. The van der Waals surface area contributed by atoms with Crippen molar-refractivity contribution in [3.63, 3.8) is 0 Å². The first kappa shape index (κ1) is 17.7. The van der Waals surface area contributed by atoms with Crippen molar-refractivity contribution in [3.8, 4) is 5.75 Å². The summed E-state index contributed by atoms with van der Waals surface area (Å²) in [6, 6.07) is 4.66. The zero-order valence-corrected chi connectivity index (χ0v) is 13.5. The number of aliphatic carboxylic acids is 1. The van der Waals surface area contributed by atoms with Gasteiger partial charge in [0.1, 0.15) is 11.8 Å². The third kappa shape index (κ3) is 4.90. The van der Waals surface area contributed by atoms with Gasteiger partial charge in [0, 0.05) is 13.1 Å².